The summed E-state index contributed by atoms with van der Waals surface area (Å²) >= 11 is 3.48. The number of nitrogens with zero attached hydrogens (tertiary/aromatic N) is 2. The van der Waals surface area contributed by atoms with Crippen molar-refractivity contribution in [2.75, 3.05) is 0 Å². The maximum absolute atomic E-state index is 13.1. The molecule has 0 saturated heterocycles. The number of hydrogen-bond donors (Lipinski definition) is 0. The number of rotatable bonds is 0. The molecule has 0 amide bonds. The lowest BCUT2D eigenvalue weighted by Crippen LogP contribution is -2.13. The van der Waals surface area contributed by atoms with E-state index < -0.39 is 0 Å². The molecule has 0 unspecified atom stereocenters. The second-order valence-corrected chi connectivity index (χ2v) is 4.39. The zero-order valence-corrected chi connectivity index (χ0v) is 10.1. The van der Waals surface area contributed by atoms with Crippen LogP contribution < -0.4 is 4.74 Å². The van der Waals surface area contributed by atoms with E-state index in [0.717, 1.165) is 21.8 Å². The maximum Gasteiger partial charge on any atom is 0.152 e. The molecule has 0 radical (unpaired) electrons. The first-order valence-electron chi connectivity index (χ1n) is 4.83. The van der Waals surface area contributed by atoms with Crippen molar-refractivity contribution in [3.63, 3.8) is 0 Å². The average Bonchev–Trinajstić information content (AvgIpc) is 2.55. The Morgan fingerprint density at radius 1 is 1.50 bits per heavy atom. The van der Waals surface area contributed by atoms with E-state index in [9.17, 15) is 4.39 Å². The van der Waals surface area contributed by atoms with E-state index >= 15 is 0 Å². The SMILES string of the molecule is Cc1nc2n(c1Br)-c1ccc(F)cc1OC2. The van der Waals surface area contributed by atoms with Crippen LogP contribution in [0.1, 0.15) is 11.5 Å². The molecular formula is C11H8BrFN2O. The van der Waals surface area contributed by atoms with Crippen LogP contribution in [0, 0.1) is 12.7 Å². The van der Waals surface area contributed by atoms with Gasteiger partial charge in [-0.15, -0.1) is 0 Å². The van der Waals surface area contributed by atoms with Gasteiger partial charge in [0.1, 0.15) is 22.8 Å². The number of fused-ring (bicyclic) bond motifs is 3. The van der Waals surface area contributed by atoms with E-state index in [2.05, 4.69) is 20.9 Å². The number of benzene rings is 1. The molecule has 0 spiro atoms. The van der Waals surface area contributed by atoms with Gasteiger partial charge in [-0.1, -0.05) is 0 Å². The molecule has 3 nitrogen and oxygen atoms in total. The van der Waals surface area contributed by atoms with Gasteiger partial charge < -0.3 is 4.74 Å². The van der Waals surface area contributed by atoms with Crippen molar-refractivity contribution in [1.29, 1.82) is 0 Å². The first-order chi connectivity index (χ1) is 7.66. The molecule has 3 rings (SSSR count). The van der Waals surface area contributed by atoms with Gasteiger partial charge in [-0.25, -0.2) is 9.37 Å². The minimum Gasteiger partial charge on any atom is -0.483 e. The number of aryl methyl sites for hydroxylation is 1. The normalized spacial score (nSPS) is 12.9. The van der Waals surface area contributed by atoms with Crippen LogP contribution in [0.3, 0.4) is 0 Å². The fourth-order valence-electron chi connectivity index (χ4n) is 1.84. The van der Waals surface area contributed by atoms with Gasteiger partial charge in [0, 0.05) is 6.07 Å². The zero-order chi connectivity index (χ0) is 11.3. The molecule has 2 heterocycles. The minimum absolute atomic E-state index is 0.296. The van der Waals surface area contributed by atoms with Crippen molar-refractivity contribution in [3.05, 3.63) is 40.1 Å². The Kier molecular flexibility index (Phi) is 2.04. The molecule has 1 aromatic heterocycles. The molecule has 5 heteroatoms. The Bertz CT molecular complexity index is 580. The smallest absolute Gasteiger partial charge is 0.152 e. The van der Waals surface area contributed by atoms with Gasteiger partial charge in [0.05, 0.1) is 11.4 Å². The van der Waals surface area contributed by atoms with E-state index in [1.807, 2.05) is 11.5 Å². The maximum atomic E-state index is 13.1. The molecule has 0 aliphatic carbocycles. The van der Waals surface area contributed by atoms with Crippen molar-refractivity contribution in [1.82, 2.24) is 9.55 Å². The predicted molar refractivity (Wildman–Crippen MR) is 60.3 cm³/mol. The lowest BCUT2D eigenvalue weighted by atomic mass is 10.2. The van der Waals surface area contributed by atoms with Gasteiger partial charge in [0.2, 0.25) is 0 Å². The van der Waals surface area contributed by atoms with Gasteiger partial charge in [-0.3, -0.25) is 4.57 Å². The summed E-state index contributed by atoms with van der Waals surface area (Å²) in [5.74, 6) is 1.07. The summed E-state index contributed by atoms with van der Waals surface area (Å²) < 4.78 is 21.3. The molecule has 0 N–H and O–H groups in total. The van der Waals surface area contributed by atoms with Gasteiger partial charge >= 0.3 is 0 Å². The summed E-state index contributed by atoms with van der Waals surface area (Å²) in [6.45, 7) is 2.28. The fourth-order valence-corrected chi connectivity index (χ4v) is 2.32. The summed E-state index contributed by atoms with van der Waals surface area (Å²) in [5, 5.41) is 0. The highest BCUT2D eigenvalue weighted by Crippen LogP contribution is 2.34. The molecule has 82 valence electrons. The highest BCUT2D eigenvalue weighted by molar-refractivity contribution is 9.10. The molecule has 1 aromatic carbocycles. The van der Waals surface area contributed by atoms with Crippen molar-refractivity contribution >= 4 is 15.9 Å². The van der Waals surface area contributed by atoms with Crippen LogP contribution in [-0.4, -0.2) is 9.55 Å². The predicted octanol–water partition coefficient (Wildman–Crippen LogP) is 2.97. The van der Waals surface area contributed by atoms with E-state index in [4.69, 9.17) is 4.74 Å². The van der Waals surface area contributed by atoms with Crippen molar-refractivity contribution < 1.29 is 9.13 Å². The Morgan fingerprint density at radius 2 is 2.31 bits per heavy atom. The largest absolute Gasteiger partial charge is 0.483 e. The third-order valence-electron chi connectivity index (χ3n) is 2.57. The fraction of sp³-hybridized carbons (Fsp3) is 0.182. The summed E-state index contributed by atoms with van der Waals surface area (Å²) in [6.07, 6.45) is 0. The lowest BCUT2D eigenvalue weighted by Gasteiger charge is -2.19. The van der Waals surface area contributed by atoms with Crippen LogP contribution in [0.15, 0.2) is 22.8 Å². The third kappa shape index (κ3) is 1.28. The van der Waals surface area contributed by atoms with Gasteiger partial charge in [0.25, 0.3) is 0 Å². The van der Waals surface area contributed by atoms with Crippen LogP contribution in [-0.2, 0) is 6.61 Å². The Morgan fingerprint density at radius 3 is 3.12 bits per heavy atom. The van der Waals surface area contributed by atoms with E-state index in [1.165, 1.54) is 12.1 Å². The molecular weight excluding hydrogens is 275 g/mol. The highest BCUT2D eigenvalue weighted by atomic mass is 79.9. The van der Waals surface area contributed by atoms with Gasteiger partial charge in [0.15, 0.2) is 5.82 Å². The molecule has 2 aromatic rings. The van der Waals surface area contributed by atoms with Crippen LogP contribution in [0.5, 0.6) is 5.75 Å². The topological polar surface area (TPSA) is 27.1 Å². The monoisotopic (exact) mass is 282 g/mol. The second kappa shape index (κ2) is 3.31. The van der Waals surface area contributed by atoms with Crippen LogP contribution in [0.2, 0.25) is 0 Å². The highest BCUT2D eigenvalue weighted by Gasteiger charge is 2.22. The van der Waals surface area contributed by atoms with Crippen molar-refractivity contribution in [2.45, 2.75) is 13.5 Å². The Labute approximate surface area is 100.0 Å². The molecule has 1 aliphatic heterocycles. The van der Waals surface area contributed by atoms with E-state index in [1.54, 1.807) is 6.07 Å². The van der Waals surface area contributed by atoms with Crippen LogP contribution in [0.25, 0.3) is 5.69 Å². The number of imidazole rings is 1. The summed E-state index contributed by atoms with van der Waals surface area (Å²) in [4.78, 5) is 4.37. The summed E-state index contributed by atoms with van der Waals surface area (Å²) in [6, 6.07) is 4.50. The lowest BCUT2D eigenvalue weighted by molar-refractivity contribution is 0.277. The van der Waals surface area contributed by atoms with Crippen LogP contribution in [0.4, 0.5) is 4.39 Å². The minimum atomic E-state index is -0.296. The van der Waals surface area contributed by atoms with Crippen molar-refractivity contribution in [2.24, 2.45) is 0 Å². The standard InChI is InChI=1S/C11H8BrFN2O/c1-6-11(12)15-8-3-2-7(13)4-9(8)16-5-10(15)14-6/h2-4H,5H2,1H3. The summed E-state index contributed by atoms with van der Waals surface area (Å²) in [7, 11) is 0. The van der Waals surface area contributed by atoms with Gasteiger partial charge in [-0.2, -0.15) is 0 Å². The third-order valence-corrected chi connectivity index (χ3v) is 3.50. The quantitative estimate of drug-likeness (QED) is 0.743. The molecule has 0 bridgehead atoms. The Hall–Kier alpha value is -1.36. The number of halogens is 2. The van der Waals surface area contributed by atoms with E-state index in [-0.39, 0.29) is 5.82 Å². The number of hydrogen-bond acceptors (Lipinski definition) is 2. The van der Waals surface area contributed by atoms with E-state index in [0.29, 0.717) is 12.4 Å². The molecule has 16 heavy (non-hydrogen) atoms. The van der Waals surface area contributed by atoms with Crippen molar-refractivity contribution in [3.8, 4) is 11.4 Å². The average molecular weight is 283 g/mol. The summed E-state index contributed by atoms with van der Waals surface area (Å²) in [5.41, 5.74) is 1.71. The number of ether oxygens (including phenoxy) is 1. The van der Waals surface area contributed by atoms with Gasteiger partial charge in [-0.05, 0) is 35.0 Å². The number of aromatic nitrogens is 2. The molecule has 1 aliphatic rings. The zero-order valence-electron chi connectivity index (χ0n) is 8.50. The molecule has 0 saturated carbocycles. The Balaban J connectivity index is 2.30. The second-order valence-electron chi connectivity index (χ2n) is 3.64. The first kappa shape index (κ1) is 9.84. The van der Waals surface area contributed by atoms with Crippen LogP contribution >= 0.6 is 15.9 Å². The molecule has 0 atom stereocenters. The molecule has 0 fully saturated rings. The first-order valence-corrected chi connectivity index (χ1v) is 5.62.